The number of carbonyl (C=O) groups is 1. The lowest BCUT2D eigenvalue weighted by Gasteiger charge is -2.18. The van der Waals surface area contributed by atoms with E-state index in [-0.39, 0.29) is 10.4 Å². The molecular formula is C19H21N5O5S. The van der Waals surface area contributed by atoms with Crippen molar-refractivity contribution < 1.29 is 13.2 Å². The average molecular weight is 431 g/mol. The molecule has 3 aromatic rings. The Morgan fingerprint density at radius 2 is 1.70 bits per heavy atom. The molecule has 2 aromatic heterocycles. The molecular weight excluding hydrogens is 410 g/mol. The lowest BCUT2D eigenvalue weighted by molar-refractivity contribution is -0.116. The number of hydrogen-bond acceptors (Lipinski definition) is 6. The minimum Gasteiger partial charge on any atom is -0.310 e. The van der Waals surface area contributed by atoms with Gasteiger partial charge in [-0.05, 0) is 36.8 Å². The Morgan fingerprint density at radius 1 is 1.07 bits per heavy atom. The van der Waals surface area contributed by atoms with E-state index in [2.05, 4.69) is 10.3 Å². The van der Waals surface area contributed by atoms with Gasteiger partial charge in [-0.25, -0.2) is 13.4 Å². The molecule has 1 aromatic carbocycles. The standard InChI is InChI=1S/C19H21N5O5S/c1-12-5-8-16(20-10-12)21-17(25)11-22(2)30(28,29)13-6-7-14-15(9-13)24(4)19(27)18(26)23(14)3/h5-10H,11H2,1-4H3,(H,20,21,25). The van der Waals surface area contributed by atoms with E-state index in [0.717, 1.165) is 14.4 Å². The van der Waals surface area contributed by atoms with Crippen LogP contribution in [0.15, 0.2) is 51.0 Å². The maximum Gasteiger partial charge on any atom is 0.316 e. The normalized spacial score (nSPS) is 11.8. The van der Waals surface area contributed by atoms with Crippen molar-refractivity contribution in [3.8, 4) is 0 Å². The molecule has 1 amide bonds. The summed E-state index contributed by atoms with van der Waals surface area (Å²) in [6, 6.07) is 7.48. The molecule has 0 bridgehead atoms. The molecule has 158 valence electrons. The van der Waals surface area contributed by atoms with Gasteiger partial charge in [-0.2, -0.15) is 4.31 Å². The molecule has 0 aliphatic carbocycles. The number of pyridine rings is 1. The van der Waals surface area contributed by atoms with Crippen LogP contribution < -0.4 is 16.4 Å². The Labute approximate surface area is 172 Å². The van der Waals surface area contributed by atoms with Gasteiger partial charge in [0.15, 0.2) is 0 Å². The van der Waals surface area contributed by atoms with E-state index < -0.39 is 33.6 Å². The molecule has 2 heterocycles. The monoisotopic (exact) mass is 431 g/mol. The highest BCUT2D eigenvalue weighted by Crippen LogP contribution is 2.19. The number of sulfonamides is 1. The molecule has 11 heteroatoms. The number of aryl methyl sites for hydroxylation is 3. The van der Waals surface area contributed by atoms with Crippen molar-refractivity contribution in [3.63, 3.8) is 0 Å². The van der Waals surface area contributed by atoms with E-state index in [1.807, 2.05) is 6.92 Å². The smallest absolute Gasteiger partial charge is 0.310 e. The molecule has 0 aliphatic rings. The van der Waals surface area contributed by atoms with Crippen molar-refractivity contribution in [2.24, 2.45) is 14.1 Å². The summed E-state index contributed by atoms with van der Waals surface area (Å²) in [6.45, 7) is 1.43. The second-order valence-corrected chi connectivity index (χ2v) is 8.95. The fourth-order valence-corrected chi connectivity index (χ4v) is 4.06. The topological polar surface area (TPSA) is 123 Å². The fourth-order valence-electron chi connectivity index (χ4n) is 2.91. The molecule has 0 spiro atoms. The summed E-state index contributed by atoms with van der Waals surface area (Å²) in [4.78, 5) is 40.2. The minimum atomic E-state index is -4.03. The maximum atomic E-state index is 12.9. The zero-order valence-electron chi connectivity index (χ0n) is 16.9. The van der Waals surface area contributed by atoms with E-state index in [0.29, 0.717) is 11.3 Å². The SMILES string of the molecule is Cc1ccc(NC(=O)CN(C)S(=O)(=O)c2ccc3c(c2)n(C)c(=O)c(=O)n3C)nc1. The number of nitrogens with zero attached hydrogens (tertiary/aromatic N) is 4. The maximum absolute atomic E-state index is 12.9. The van der Waals surface area contributed by atoms with Crippen LogP contribution in [-0.4, -0.2) is 46.3 Å². The summed E-state index contributed by atoms with van der Waals surface area (Å²) in [5, 5.41) is 2.54. The van der Waals surface area contributed by atoms with Crippen LogP contribution in [0.3, 0.4) is 0 Å². The molecule has 10 nitrogen and oxygen atoms in total. The van der Waals surface area contributed by atoms with Crippen LogP contribution in [0.2, 0.25) is 0 Å². The molecule has 3 rings (SSSR count). The van der Waals surface area contributed by atoms with Gasteiger partial charge in [0.2, 0.25) is 15.9 Å². The minimum absolute atomic E-state index is 0.104. The van der Waals surface area contributed by atoms with Gasteiger partial charge < -0.3 is 14.5 Å². The second-order valence-electron chi connectivity index (χ2n) is 6.91. The van der Waals surface area contributed by atoms with E-state index in [4.69, 9.17) is 0 Å². The van der Waals surface area contributed by atoms with Crippen molar-refractivity contribution in [1.82, 2.24) is 18.4 Å². The Morgan fingerprint density at radius 3 is 2.30 bits per heavy atom. The number of carbonyl (C=O) groups excluding carboxylic acids is 1. The summed E-state index contributed by atoms with van der Waals surface area (Å²) in [6.07, 6.45) is 1.59. The van der Waals surface area contributed by atoms with Crippen LogP contribution >= 0.6 is 0 Å². The van der Waals surface area contributed by atoms with Gasteiger partial charge in [-0.3, -0.25) is 14.4 Å². The van der Waals surface area contributed by atoms with Gasteiger partial charge in [0, 0.05) is 27.3 Å². The van der Waals surface area contributed by atoms with Crippen molar-refractivity contribution in [2.75, 3.05) is 18.9 Å². The number of amides is 1. The van der Waals surface area contributed by atoms with Gasteiger partial charge in [-0.15, -0.1) is 0 Å². The Hall–Kier alpha value is -3.31. The third-order valence-corrected chi connectivity index (χ3v) is 6.51. The number of likely N-dealkylation sites (N-methyl/N-ethyl adjacent to an activating group) is 1. The zero-order valence-corrected chi connectivity index (χ0v) is 17.7. The Balaban J connectivity index is 1.89. The molecule has 0 radical (unpaired) electrons. The first-order valence-electron chi connectivity index (χ1n) is 8.91. The van der Waals surface area contributed by atoms with Gasteiger partial charge in [-0.1, -0.05) is 6.07 Å². The predicted octanol–water partition coefficient (Wildman–Crippen LogP) is 0.200. The lowest BCUT2D eigenvalue weighted by Crippen LogP contribution is -2.39. The third kappa shape index (κ3) is 3.89. The van der Waals surface area contributed by atoms with Crippen LogP contribution in [0.4, 0.5) is 5.82 Å². The molecule has 0 atom stereocenters. The van der Waals surface area contributed by atoms with E-state index in [1.54, 1.807) is 18.3 Å². The molecule has 30 heavy (non-hydrogen) atoms. The number of fused-ring (bicyclic) bond motifs is 1. The first-order chi connectivity index (χ1) is 14.0. The predicted molar refractivity (Wildman–Crippen MR) is 112 cm³/mol. The summed E-state index contributed by atoms with van der Waals surface area (Å²) in [5.41, 5.74) is 0.143. The van der Waals surface area contributed by atoms with Crippen LogP contribution in [-0.2, 0) is 28.9 Å². The number of rotatable bonds is 5. The van der Waals surface area contributed by atoms with Crippen LogP contribution in [0.25, 0.3) is 11.0 Å². The number of nitrogens with one attached hydrogen (secondary N) is 1. The summed E-state index contributed by atoms with van der Waals surface area (Å²) in [5.74, 6) is -0.231. The number of benzene rings is 1. The van der Waals surface area contributed by atoms with Crippen LogP contribution in [0.5, 0.6) is 0 Å². The highest BCUT2D eigenvalue weighted by molar-refractivity contribution is 7.89. The van der Waals surface area contributed by atoms with E-state index in [9.17, 15) is 22.8 Å². The largest absolute Gasteiger partial charge is 0.316 e. The molecule has 0 fully saturated rings. The molecule has 0 saturated heterocycles. The summed E-state index contributed by atoms with van der Waals surface area (Å²) < 4.78 is 29.0. The van der Waals surface area contributed by atoms with Gasteiger partial charge in [0.05, 0.1) is 22.5 Å². The van der Waals surface area contributed by atoms with Crippen molar-refractivity contribution in [3.05, 3.63) is 62.8 Å². The van der Waals surface area contributed by atoms with Gasteiger partial charge in [0.1, 0.15) is 5.82 Å². The lowest BCUT2D eigenvalue weighted by atomic mass is 10.3. The third-order valence-electron chi connectivity index (χ3n) is 4.72. The van der Waals surface area contributed by atoms with E-state index in [1.165, 1.54) is 43.9 Å². The first-order valence-corrected chi connectivity index (χ1v) is 10.3. The summed E-state index contributed by atoms with van der Waals surface area (Å²) in [7, 11) is 0.0888. The highest BCUT2D eigenvalue weighted by atomic mass is 32.2. The average Bonchev–Trinajstić information content (AvgIpc) is 2.71. The zero-order chi connectivity index (χ0) is 22.2. The Bertz CT molecular complexity index is 1360. The number of anilines is 1. The van der Waals surface area contributed by atoms with Gasteiger partial charge in [0.25, 0.3) is 0 Å². The van der Waals surface area contributed by atoms with Crippen molar-refractivity contribution in [1.29, 1.82) is 0 Å². The van der Waals surface area contributed by atoms with Crippen LogP contribution in [0.1, 0.15) is 5.56 Å². The Kier molecular flexibility index (Phi) is 5.59. The van der Waals surface area contributed by atoms with Gasteiger partial charge >= 0.3 is 11.1 Å². The number of aromatic nitrogens is 3. The molecule has 0 unspecified atom stereocenters. The molecule has 1 N–H and O–H groups in total. The first kappa shape index (κ1) is 21.4. The van der Waals surface area contributed by atoms with Crippen molar-refractivity contribution >= 4 is 32.8 Å². The van der Waals surface area contributed by atoms with Crippen LogP contribution in [0, 0.1) is 6.92 Å². The van der Waals surface area contributed by atoms with E-state index >= 15 is 0 Å². The second kappa shape index (κ2) is 7.84. The number of hydrogen-bond donors (Lipinski definition) is 1. The molecule has 0 aliphatic heterocycles. The van der Waals surface area contributed by atoms with Crippen molar-refractivity contribution in [2.45, 2.75) is 11.8 Å². The quantitative estimate of drug-likeness (QED) is 0.576. The highest BCUT2D eigenvalue weighted by Gasteiger charge is 2.24. The summed E-state index contributed by atoms with van der Waals surface area (Å²) >= 11 is 0. The molecule has 0 saturated carbocycles. The fraction of sp³-hybridized carbons (Fsp3) is 0.263.